The minimum atomic E-state index is -0.720. The molecule has 1 unspecified atom stereocenters. The van der Waals surface area contributed by atoms with Crippen LogP contribution >= 0.6 is 0 Å². The Morgan fingerprint density at radius 1 is 1.79 bits per heavy atom. The average molecular weight is 193 g/mol. The first-order chi connectivity index (χ1) is 6.63. The van der Waals surface area contributed by atoms with Gasteiger partial charge < -0.3 is 5.32 Å². The van der Waals surface area contributed by atoms with E-state index in [1.807, 2.05) is 6.07 Å². The number of nitriles is 1. The number of halogens is 1. The Hall–Kier alpha value is -1.96. The molecule has 1 aromatic rings. The number of aromatic nitrogens is 1. The second-order valence-corrected chi connectivity index (χ2v) is 2.69. The zero-order chi connectivity index (χ0) is 10.6. The summed E-state index contributed by atoms with van der Waals surface area (Å²) in [4.78, 5) is 14.6. The molecule has 0 fully saturated rings. The van der Waals surface area contributed by atoms with E-state index in [0.29, 0.717) is 0 Å². The topological polar surface area (TPSA) is 65.8 Å². The molecule has 0 spiro atoms. The second kappa shape index (κ2) is 4.33. The molecule has 14 heavy (non-hydrogen) atoms. The van der Waals surface area contributed by atoms with Crippen LogP contribution in [0.25, 0.3) is 0 Å². The third-order valence-electron chi connectivity index (χ3n) is 1.53. The fourth-order valence-corrected chi connectivity index (χ4v) is 0.856. The van der Waals surface area contributed by atoms with Crippen molar-refractivity contribution in [3.8, 4) is 6.07 Å². The quantitative estimate of drug-likeness (QED) is 0.708. The van der Waals surface area contributed by atoms with Gasteiger partial charge in [-0.05, 0) is 13.0 Å². The van der Waals surface area contributed by atoms with Crippen LogP contribution in [0.4, 0.5) is 4.39 Å². The predicted molar refractivity (Wildman–Crippen MR) is 46.7 cm³/mol. The van der Waals surface area contributed by atoms with Crippen molar-refractivity contribution in [1.29, 1.82) is 5.26 Å². The van der Waals surface area contributed by atoms with Crippen LogP contribution in [0.1, 0.15) is 17.3 Å². The van der Waals surface area contributed by atoms with Crippen molar-refractivity contribution in [3.05, 3.63) is 29.8 Å². The van der Waals surface area contributed by atoms with Crippen molar-refractivity contribution < 1.29 is 9.18 Å². The first-order valence-corrected chi connectivity index (χ1v) is 3.95. The largest absolute Gasteiger partial charge is 0.337 e. The molecule has 0 aliphatic rings. The van der Waals surface area contributed by atoms with Crippen LogP contribution in [-0.4, -0.2) is 16.9 Å². The maximum atomic E-state index is 12.6. The molecule has 1 rings (SSSR count). The molecule has 1 heterocycles. The number of nitrogens with one attached hydrogen (secondary N) is 1. The highest BCUT2D eigenvalue weighted by Gasteiger charge is 2.09. The first-order valence-electron chi connectivity index (χ1n) is 3.95. The molecule has 0 aliphatic heterocycles. The minimum Gasteiger partial charge on any atom is -0.337 e. The van der Waals surface area contributed by atoms with Crippen molar-refractivity contribution >= 4 is 5.91 Å². The number of rotatable bonds is 2. The van der Waals surface area contributed by atoms with Crippen LogP contribution < -0.4 is 5.32 Å². The van der Waals surface area contributed by atoms with Crippen molar-refractivity contribution in [2.45, 2.75) is 13.0 Å². The van der Waals surface area contributed by atoms with Gasteiger partial charge in [0, 0.05) is 17.8 Å². The third-order valence-corrected chi connectivity index (χ3v) is 1.53. The molecule has 0 saturated heterocycles. The smallest absolute Gasteiger partial charge is 0.252 e. The summed E-state index contributed by atoms with van der Waals surface area (Å²) in [5.41, 5.74) is 0.152. The van der Waals surface area contributed by atoms with Crippen molar-refractivity contribution in [1.82, 2.24) is 10.3 Å². The summed E-state index contributed by atoms with van der Waals surface area (Å²) in [6.45, 7) is 1.54. The Morgan fingerprint density at radius 2 is 2.50 bits per heavy atom. The van der Waals surface area contributed by atoms with Gasteiger partial charge in [0.2, 0.25) is 5.95 Å². The van der Waals surface area contributed by atoms with Gasteiger partial charge in [-0.15, -0.1) is 0 Å². The molecule has 5 heteroatoms. The lowest BCUT2D eigenvalue weighted by Crippen LogP contribution is -2.31. The minimum absolute atomic E-state index is 0.152. The summed E-state index contributed by atoms with van der Waals surface area (Å²) in [7, 11) is 0. The molecule has 0 radical (unpaired) electrons. The SMILES string of the molecule is CC(C#N)NC(=O)c1ccnc(F)c1. The average Bonchev–Trinajstić information content (AvgIpc) is 2.17. The standard InChI is InChI=1S/C9H8FN3O/c1-6(5-11)13-9(14)7-2-3-12-8(10)4-7/h2-4,6H,1H3,(H,13,14). The van der Waals surface area contributed by atoms with Gasteiger partial charge in [0.25, 0.3) is 5.91 Å². The van der Waals surface area contributed by atoms with E-state index in [1.54, 1.807) is 0 Å². The summed E-state index contributed by atoms with van der Waals surface area (Å²) in [6.07, 6.45) is 1.20. The van der Waals surface area contributed by atoms with Crippen molar-refractivity contribution in [2.75, 3.05) is 0 Å². The molecule has 0 saturated carbocycles. The molecule has 0 aliphatic carbocycles. The number of hydrogen-bond donors (Lipinski definition) is 1. The van der Waals surface area contributed by atoms with Gasteiger partial charge in [0.1, 0.15) is 6.04 Å². The van der Waals surface area contributed by atoms with Crippen LogP contribution in [0.5, 0.6) is 0 Å². The van der Waals surface area contributed by atoms with Gasteiger partial charge in [-0.2, -0.15) is 9.65 Å². The molecule has 1 atom stereocenters. The molecule has 0 aromatic carbocycles. The third kappa shape index (κ3) is 2.52. The monoisotopic (exact) mass is 193 g/mol. The maximum absolute atomic E-state index is 12.6. The highest BCUT2D eigenvalue weighted by Crippen LogP contribution is 2.00. The van der Waals surface area contributed by atoms with E-state index in [4.69, 9.17) is 5.26 Å². The van der Waals surface area contributed by atoms with Crippen molar-refractivity contribution in [3.63, 3.8) is 0 Å². The summed E-state index contributed by atoms with van der Waals surface area (Å²) in [5.74, 6) is -1.21. The number of pyridine rings is 1. The highest BCUT2D eigenvalue weighted by molar-refractivity contribution is 5.94. The fourth-order valence-electron chi connectivity index (χ4n) is 0.856. The Labute approximate surface area is 80.4 Å². The highest BCUT2D eigenvalue weighted by atomic mass is 19.1. The number of carbonyl (C=O) groups is 1. The van der Waals surface area contributed by atoms with Crippen molar-refractivity contribution in [2.24, 2.45) is 0 Å². The van der Waals surface area contributed by atoms with E-state index < -0.39 is 17.9 Å². The van der Waals surface area contributed by atoms with Gasteiger partial charge in [-0.25, -0.2) is 4.98 Å². The summed E-state index contributed by atoms with van der Waals surface area (Å²) < 4.78 is 12.6. The van der Waals surface area contributed by atoms with Gasteiger partial charge >= 0.3 is 0 Å². The molecular formula is C9H8FN3O. The Balaban J connectivity index is 2.76. The van der Waals surface area contributed by atoms with E-state index in [2.05, 4.69) is 10.3 Å². The van der Waals surface area contributed by atoms with Crippen LogP contribution in [0.15, 0.2) is 18.3 Å². The van der Waals surface area contributed by atoms with Gasteiger partial charge in [0.15, 0.2) is 0 Å². The molecule has 4 nitrogen and oxygen atoms in total. The van der Waals surface area contributed by atoms with Crippen LogP contribution in [0.2, 0.25) is 0 Å². The second-order valence-electron chi connectivity index (χ2n) is 2.69. The fraction of sp³-hybridized carbons (Fsp3) is 0.222. The van der Waals surface area contributed by atoms with Crippen LogP contribution in [0.3, 0.4) is 0 Å². The van der Waals surface area contributed by atoms with Crippen LogP contribution in [-0.2, 0) is 0 Å². The van der Waals surface area contributed by atoms with Gasteiger partial charge in [-0.3, -0.25) is 4.79 Å². The Bertz CT molecular complexity index is 386. The molecular weight excluding hydrogens is 185 g/mol. The zero-order valence-electron chi connectivity index (χ0n) is 7.49. The number of amides is 1. The lowest BCUT2D eigenvalue weighted by molar-refractivity contribution is 0.0947. The number of hydrogen-bond acceptors (Lipinski definition) is 3. The maximum Gasteiger partial charge on any atom is 0.252 e. The normalized spacial score (nSPS) is 11.5. The van der Waals surface area contributed by atoms with E-state index in [-0.39, 0.29) is 5.56 Å². The summed E-state index contributed by atoms with van der Waals surface area (Å²) in [6, 6.07) is 3.63. The Kier molecular flexibility index (Phi) is 3.13. The van der Waals surface area contributed by atoms with Crippen LogP contribution in [0, 0.1) is 17.3 Å². The lowest BCUT2D eigenvalue weighted by atomic mass is 10.2. The molecule has 0 bridgehead atoms. The summed E-state index contributed by atoms with van der Waals surface area (Å²) >= 11 is 0. The first kappa shape index (κ1) is 10.1. The summed E-state index contributed by atoms with van der Waals surface area (Å²) in [5, 5.41) is 10.8. The van der Waals surface area contributed by atoms with E-state index >= 15 is 0 Å². The predicted octanol–water partition coefficient (Wildman–Crippen LogP) is 0.863. The van der Waals surface area contributed by atoms with Gasteiger partial charge in [0.05, 0.1) is 6.07 Å². The molecule has 72 valence electrons. The van der Waals surface area contributed by atoms with Gasteiger partial charge in [-0.1, -0.05) is 0 Å². The zero-order valence-corrected chi connectivity index (χ0v) is 7.49. The molecule has 1 aromatic heterocycles. The number of nitrogens with zero attached hydrogens (tertiary/aromatic N) is 2. The number of carbonyl (C=O) groups excluding carboxylic acids is 1. The van der Waals surface area contributed by atoms with E-state index in [9.17, 15) is 9.18 Å². The van der Waals surface area contributed by atoms with E-state index in [0.717, 1.165) is 6.07 Å². The van der Waals surface area contributed by atoms with E-state index in [1.165, 1.54) is 19.2 Å². The molecule has 1 amide bonds. The lowest BCUT2D eigenvalue weighted by Gasteiger charge is -2.05. The molecule has 1 N–H and O–H groups in total. The Morgan fingerprint density at radius 3 is 3.07 bits per heavy atom.